The maximum Gasteiger partial charge on any atom is 0.138 e. The SMILES string of the molecule is COc1ccc(F)cc1CSCc1nnsc1Cl. The molecule has 0 aliphatic heterocycles. The van der Waals surface area contributed by atoms with Crippen molar-refractivity contribution >= 4 is 34.9 Å². The Morgan fingerprint density at radius 1 is 1.44 bits per heavy atom. The molecule has 18 heavy (non-hydrogen) atoms. The van der Waals surface area contributed by atoms with Gasteiger partial charge in [0.15, 0.2) is 0 Å². The van der Waals surface area contributed by atoms with Crippen molar-refractivity contribution < 1.29 is 9.13 Å². The summed E-state index contributed by atoms with van der Waals surface area (Å²) in [5, 5.41) is 3.92. The first kappa shape index (κ1) is 13.6. The van der Waals surface area contributed by atoms with Crippen LogP contribution in [-0.4, -0.2) is 16.7 Å². The lowest BCUT2D eigenvalue weighted by Crippen LogP contribution is -1.92. The molecule has 3 nitrogen and oxygen atoms in total. The molecule has 0 fully saturated rings. The molecule has 2 rings (SSSR count). The first-order chi connectivity index (χ1) is 8.70. The molecule has 0 radical (unpaired) electrons. The first-order valence-electron chi connectivity index (χ1n) is 5.07. The van der Waals surface area contributed by atoms with E-state index in [2.05, 4.69) is 9.59 Å². The average Bonchev–Trinajstić information content (AvgIpc) is 2.76. The number of aromatic nitrogens is 2. The van der Waals surface area contributed by atoms with Crippen LogP contribution >= 0.6 is 34.9 Å². The standard InChI is InChI=1S/C11H10ClFN2OS2/c1-16-10-3-2-8(13)4-7(10)5-17-6-9-11(12)18-15-14-9/h2-4H,5-6H2,1H3. The van der Waals surface area contributed by atoms with Crippen LogP contribution in [0.3, 0.4) is 0 Å². The van der Waals surface area contributed by atoms with Gasteiger partial charge in [0.05, 0.1) is 7.11 Å². The number of hydrogen-bond donors (Lipinski definition) is 0. The molecule has 7 heteroatoms. The molecule has 0 spiro atoms. The van der Waals surface area contributed by atoms with Crippen molar-refractivity contribution in [3.05, 3.63) is 39.6 Å². The Labute approximate surface area is 117 Å². The maximum atomic E-state index is 13.1. The largest absolute Gasteiger partial charge is 0.496 e. The Morgan fingerprint density at radius 2 is 2.28 bits per heavy atom. The minimum absolute atomic E-state index is 0.264. The maximum absolute atomic E-state index is 13.1. The van der Waals surface area contributed by atoms with Crippen LogP contribution in [0.1, 0.15) is 11.3 Å². The highest BCUT2D eigenvalue weighted by Gasteiger charge is 2.08. The zero-order valence-corrected chi connectivity index (χ0v) is 11.9. The van der Waals surface area contributed by atoms with E-state index in [9.17, 15) is 4.39 Å². The van der Waals surface area contributed by atoms with E-state index in [0.29, 0.717) is 21.6 Å². The molecule has 1 aromatic carbocycles. The van der Waals surface area contributed by atoms with Gasteiger partial charge in [-0.05, 0) is 18.2 Å². The second-order valence-corrected chi connectivity index (χ2v) is 5.78. The van der Waals surface area contributed by atoms with Gasteiger partial charge >= 0.3 is 0 Å². The molecule has 0 bridgehead atoms. The van der Waals surface area contributed by atoms with E-state index >= 15 is 0 Å². The third kappa shape index (κ3) is 3.34. The number of methoxy groups -OCH3 is 1. The van der Waals surface area contributed by atoms with E-state index in [1.165, 1.54) is 23.7 Å². The van der Waals surface area contributed by atoms with Crippen molar-refractivity contribution in [2.75, 3.05) is 7.11 Å². The third-order valence-corrected chi connectivity index (χ3v) is 4.23. The van der Waals surface area contributed by atoms with Gasteiger partial charge in [0.25, 0.3) is 0 Å². The van der Waals surface area contributed by atoms with Gasteiger partial charge in [-0.3, -0.25) is 0 Å². The molecule has 0 aliphatic rings. The second-order valence-electron chi connectivity index (χ2n) is 3.44. The lowest BCUT2D eigenvalue weighted by atomic mass is 10.2. The molecule has 96 valence electrons. The minimum atomic E-state index is -0.264. The van der Waals surface area contributed by atoms with Crippen LogP contribution in [0.4, 0.5) is 4.39 Å². The fraction of sp³-hybridized carbons (Fsp3) is 0.273. The van der Waals surface area contributed by atoms with Crippen molar-refractivity contribution in [2.45, 2.75) is 11.5 Å². The summed E-state index contributed by atoms with van der Waals surface area (Å²) in [6, 6.07) is 4.49. The first-order valence-corrected chi connectivity index (χ1v) is 7.38. The molecule has 0 atom stereocenters. The summed E-state index contributed by atoms with van der Waals surface area (Å²) in [4.78, 5) is 0. The fourth-order valence-corrected chi connectivity index (χ4v) is 3.14. The summed E-state index contributed by atoms with van der Waals surface area (Å²) in [7, 11) is 1.57. The number of ether oxygens (including phenoxy) is 1. The summed E-state index contributed by atoms with van der Waals surface area (Å²) < 4.78 is 22.7. The Kier molecular flexibility index (Phi) is 4.79. The molecule has 0 saturated heterocycles. The normalized spacial score (nSPS) is 10.6. The lowest BCUT2D eigenvalue weighted by Gasteiger charge is -2.07. The Hall–Kier alpha value is -0.850. The van der Waals surface area contributed by atoms with Gasteiger partial charge in [-0.25, -0.2) is 4.39 Å². The van der Waals surface area contributed by atoms with Gasteiger partial charge in [0, 0.05) is 28.6 Å². The van der Waals surface area contributed by atoms with Crippen LogP contribution in [-0.2, 0) is 11.5 Å². The lowest BCUT2D eigenvalue weighted by molar-refractivity contribution is 0.410. The van der Waals surface area contributed by atoms with Crippen LogP contribution in [0, 0.1) is 5.82 Å². The van der Waals surface area contributed by atoms with Gasteiger partial charge in [0.2, 0.25) is 0 Å². The number of benzene rings is 1. The molecule has 0 saturated carbocycles. The number of rotatable bonds is 5. The summed E-state index contributed by atoms with van der Waals surface area (Å²) in [5.41, 5.74) is 1.59. The molecule has 0 aliphatic carbocycles. The van der Waals surface area contributed by atoms with Crippen LogP contribution in [0.25, 0.3) is 0 Å². The Bertz CT molecular complexity index is 536. The fourth-order valence-electron chi connectivity index (χ4n) is 1.40. The number of halogens is 2. The Morgan fingerprint density at radius 3 is 2.94 bits per heavy atom. The summed E-state index contributed by atoms with van der Waals surface area (Å²) in [5.74, 6) is 1.70. The zero-order chi connectivity index (χ0) is 13.0. The van der Waals surface area contributed by atoms with E-state index in [1.54, 1.807) is 24.9 Å². The molecular formula is C11H10ClFN2OS2. The average molecular weight is 305 g/mol. The van der Waals surface area contributed by atoms with Crippen molar-refractivity contribution in [3.63, 3.8) is 0 Å². The molecule has 0 amide bonds. The number of nitrogens with zero attached hydrogens (tertiary/aromatic N) is 2. The zero-order valence-electron chi connectivity index (χ0n) is 9.52. The van der Waals surface area contributed by atoms with Crippen molar-refractivity contribution in [1.29, 1.82) is 0 Å². The quantitative estimate of drug-likeness (QED) is 0.842. The van der Waals surface area contributed by atoms with Gasteiger partial charge in [-0.2, -0.15) is 11.8 Å². The van der Waals surface area contributed by atoms with Crippen molar-refractivity contribution in [1.82, 2.24) is 9.59 Å². The van der Waals surface area contributed by atoms with Crippen molar-refractivity contribution in [2.24, 2.45) is 0 Å². The van der Waals surface area contributed by atoms with E-state index in [1.807, 2.05) is 0 Å². The minimum Gasteiger partial charge on any atom is -0.496 e. The van der Waals surface area contributed by atoms with Gasteiger partial charge in [-0.1, -0.05) is 16.1 Å². The molecule has 1 aromatic heterocycles. The predicted molar refractivity (Wildman–Crippen MR) is 72.9 cm³/mol. The van der Waals surface area contributed by atoms with E-state index in [0.717, 1.165) is 11.3 Å². The predicted octanol–water partition coefficient (Wildman–Crippen LogP) is 3.77. The highest BCUT2D eigenvalue weighted by molar-refractivity contribution is 7.97. The van der Waals surface area contributed by atoms with Crippen LogP contribution in [0.5, 0.6) is 5.75 Å². The molecule has 0 unspecified atom stereocenters. The van der Waals surface area contributed by atoms with Gasteiger partial charge in [0.1, 0.15) is 21.6 Å². The number of hydrogen-bond acceptors (Lipinski definition) is 5. The summed E-state index contributed by atoms with van der Waals surface area (Å²) in [6.45, 7) is 0. The topological polar surface area (TPSA) is 35.0 Å². The van der Waals surface area contributed by atoms with Gasteiger partial charge in [-0.15, -0.1) is 5.10 Å². The third-order valence-electron chi connectivity index (χ3n) is 2.25. The molecule has 2 aromatic rings. The summed E-state index contributed by atoms with van der Waals surface area (Å²) in [6.07, 6.45) is 0. The molecule has 0 N–H and O–H groups in total. The monoisotopic (exact) mass is 304 g/mol. The van der Waals surface area contributed by atoms with E-state index in [4.69, 9.17) is 16.3 Å². The van der Waals surface area contributed by atoms with E-state index < -0.39 is 0 Å². The van der Waals surface area contributed by atoms with Crippen LogP contribution in [0.2, 0.25) is 4.34 Å². The second kappa shape index (κ2) is 6.36. The van der Waals surface area contributed by atoms with Crippen molar-refractivity contribution in [3.8, 4) is 5.75 Å². The highest BCUT2D eigenvalue weighted by atomic mass is 35.5. The smallest absolute Gasteiger partial charge is 0.138 e. The van der Waals surface area contributed by atoms with Crippen LogP contribution in [0.15, 0.2) is 18.2 Å². The summed E-state index contributed by atoms with van der Waals surface area (Å²) >= 11 is 8.66. The molecule has 1 heterocycles. The molecular weight excluding hydrogens is 295 g/mol. The Balaban J connectivity index is 1.98. The van der Waals surface area contributed by atoms with E-state index in [-0.39, 0.29) is 5.82 Å². The van der Waals surface area contributed by atoms with Gasteiger partial charge < -0.3 is 4.74 Å². The van der Waals surface area contributed by atoms with Crippen LogP contribution < -0.4 is 4.74 Å². The highest BCUT2D eigenvalue weighted by Crippen LogP contribution is 2.28. The number of thioether (sulfide) groups is 1.